The maximum atomic E-state index is 5.26. The van der Waals surface area contributed by atoms with Crippen molar-refractivity contribution in [3.63, 3.8) is 0 Å². The van der Waals surface area contributed by atoms with Crippen molar-refractivity contribution in [3.8, 4) is 0 Å². The highest BCUT2D eigenvalue weighted by Gasteiger charge is 2.14. The van der Waals surface area contributed by atoms with Crippen molar-refractivity contribution in [1.82, 2.24) is 5.43 Å². The molecule has 1 heterocycles. The van der Waals surface area contributed by atoms with Crippen LogP contribution in [0.2, 0.25) is 0 Å². The molecule has 3 N–H and O–H groups in total. The van der Waals surface area contributed by atoms with Gasteiger partial charge in [-0.25, -0.2) is 0 Å². The lowest BCUT2D eigenvalue weighted by atomic mass is 10.2. The molecule has 0 aromatic carbocycles. The smallest absolute Gasteiger partial charge is 0.157 e. The Labute approximate surface area is 67.0 Å². The molecule has 0 amide bonds. The number of nitrogens with one attached hydrogen (secondary N) is 1. The van der Waals surface area contributed by atoms with Crippen LogP contribution in [-0.2, 0) is 9.47 Å². The average molecular weight is 160 g/mol. The molecule has 0 bridgehead atoms. The van der Waals surface area contributed by atoms with Gasteiger partial charge in [0.15, 0.2) is 6.29 Å². The summed E-state index contributed by atoms with van der Waals surface area (Å²) in [7, 11) is 0. The molecule has 0 aromatic heterocycles. The molecule has 0 aliphatic carbocycles. The summed E-state index contributed by atoms with van der Waals surface area (Å²) in [5.41, 5.74) is 2.61. The van der Waals surface area contributed by atoms with Crippen LogP contribution in [0, 0.1) is 0 Å². The second-order valence-corrected chi connectivity index (χ2v) is 2.62. The number of nitrogens with two attached hydrogens (primary N) is 1. The molecule has 11 heavy (non-hydrogen) atoms. The van der Waals surface area contributed by atoms with Crippen LogP contribution in [-0.4, -0.2) is 26.0 Å². The molecule has 1 rings (SSSR count). The van der Waals surface area contributed by atoms with Crippen LogP contribution in [0.25, 0.3) is 0 Å². The van der Waals surface area contributed by atoms with Gasteiger partial charge in [0, 0.05) is 6.54 Å². The van der Waals surface area contributed by atoms with Crippen molar-refractivity contribution in [3.05, 3.63) is 0 Å². The Morgan fingerprint density at radius 2 is 2.00 bits per heavy atom. The minimum atomic E-state index is 0.0489. The molecule has 0 atom stereocenters. The predicted molar refractivity (Wildman–Crippen MR) is 41.7 cm³/mol. The van der Waals surface area contributed by atoms with Gasteiger partial charge in [-0.05, 0) is 19.3 Å². The summed E-state index contributed by atoms with van der Waals surface area (Å²) >= 11 is 0. The van der Waals surface area contributed by atoms with E-state index >= 15 is 0 Å². The van der Waals surface area contributed by atoms with Gasteiger partial charge in [0.25, 0.3) is 0 Å². The highest BCUT2D eigenvalue weighted by molar-refractivity contribution is 4.53. The lowest BCUT2D eigenvalue weighted by Gasteiger charge is -2.07. The Morgan fingerprint density at radius 1 is 1.27 bits per heavy atom. The molecule has 4 heteroatoms. The van der Waals surface area contributed by atoms with Crippen molar-refractivity contribution in [2.24, 2.45) is 5.84 Å². The van der Waals surface area contributed by atoms with Gasteiger partial charge in [0.2, 0.25) is 0 Å². The molecule has 0 unspecified atom stereocenters. The van der Waals surface area contributed by atoms with E-state index in [0.717, 1.165) is 39.0 Å². The van der Waals surface area contributed by atoms with Gasteiger partial charge in [-0.15, -0.1) is 0 Å². The van der Waals surface area contributed by atoms with Crippen molar-refractivity contribution in [2.45, 2.75) is 25.6 Å². The van der Waals surface area contributed by atoms with Crippen LogP contribution < -0.4 is 11.3 Å². The Hall–Kier alpha value is -0.160. The van der Waals surface area contributed by atoms with Gasteiger partial charge in [-0.2, -0.15) is 0 Å². The Kier molecular flexibility index (Phi) is 4.45. The summed E-state index contributed by atoms with van der Waals surface area (Å²) in [4.78, 5) is 0. The first-order chi connectivity index (χ1) is 5.43. The highest BCUT2D eigenvalue weighted by atomic mass is 16.7. The fourth-order valence-electron chi connectivity index (χ4n) is 1.11. The molecule has 0 aromatic rings. The van der Waals surface area contributed by atoms with Gasteiger partial charge in [0.1, 0.15) is 0 Å². The lowest BCUT2D eigenvalue weighted by molar-refractivity contribution is -0.0478. The summed E-state index contributed by atoms with van der Waals surface area (Å²) in [5, 5.41) is 0. The zero-order chi connectivity index (χ0) is 7.94. The van der Waals surface area contributed by atoms with Gasteiger partial charge in [0.05, 0.1) is 13.2 Å². The van der Waals surface area contributed by atoms with E-state index in [9.17, 15) is 0 Å². The van der Waals surface area contributed by atoms with E-state index in [2.05, 4.69) is 5.43 Å². The largest absolute Gasteiger partial charge is 0.350 e. The summed E-state index contributed by atoms with van der Waals surface area (Å²) in [6.45, 7) is 2.37. The first kappa shape index (κ1) is 8.93. The van der Waals surface area contributed by atoms with Crippen LogP contribution in [0.5, 0.6) is 0 Å². The van der Waals surface area contributed by atoms with E-state index in [-0.39, 0.29) is 6.29 Å². The first-order valence-corrected chi connectivity index (χ1v) is 4.10. The average Bonchev–Trinajstić information content (AvgIpc) is 2.50. The number of ether oxygens (including phenoxy) is 2. The Morgan fingerprint density at radius 3 is 2.64 bits per heavy atom. The standard InChI is InChI=1S/C7H16N2O2/c8-9-4-2-1-3-7-10-5-6-11-7/h7,9H,1-6,8H2. The fourth-order valence-corrected chi connectivity index (χ4v) is 1.11. The van der Waals surface area contributed by atoms with E-state index in [1.165, 1.54) is 0 Å². The molecule has 4 nitrogen and oxygen atoms in total. The summed E-state index contributed by atoms with van der Waals surface area (Å²) in [6, 6.07) is 0. The van der Waals surface area contributed by atoms with Crippen molar-refractivity contribution >= 4 is 0 Å². The molecule has 1 saturated heterocycles. The Balaban J connectivity index is 1.86. The monoisotopic (exact) mass is 160 g/mol. The number of rotatable bonds is 5. The topological polar surface area (TPSA) is 56.5 Å². The number of unbranched alkanes of at least 4 members (excludes halogenated alkanes) is 1. The number of hydrogen-bond donors (Lipinski definition) is 2. The van der Waals surface area contributed by atoms with Crippen molar-refractivity contribution < 1.29 is 9.47 Å². The third-order valence-electron chi connectivity index (χ3n) is 1.70. The quantitative estimate of drug-likeness (QED) is 0.337. The summed E-state index contributed by atoms with van der Waals surface area (Å²) < 4.78 is 10.5. The van der Waals surface area contributed by atoms with Crippen molar-refractivity contribution in [2.75, 3.05) is 19.8 Å². The first-order valence-electron chi connectivity index (χ1n) is 4.10. The molecular formula is C7H16N2O2. The van der Waals surface area contributed by atoms with Crippen LogP contribution >= 0.6 is 0 Å². The maximum absolute atomic E-state index is 5.26. The molecule has 1 fully saturated rings. The predicted octanol–water partition coefficient (Wildman–Crippen LogP) is -0.00710. The summed E-state index contributed by atoms with van der Waals surface area (Å²) in [6.07, 6.45) is 3.23. The molecule has 0 saturated carbocycles. The lowest BCUT2D eigenvalue weighted by Crippen LogP contribution is -2.23. The van der Waals surface area contributed by atoms with E-state index in [1.807, 2.05) is 0 Å². The third-order valence-corrected chi connectivity index (χ3v) is 1.70. The number of hydrogen-bond acceptors (Lipinski definition) is 4. The van der Waals surface area contributed by atoms with Gasteiger partial charge in [-0.3, -0.25) is 11.3 Å². The highest BCUT2D eigenvalue weighted by Crippen LogP contribution is 2.10. The molecule has 0 spiro atoms. The zero-order valence-corrected chi connectivity index (χ0v) is 6.71. The minimum Gasteiger partial charge on any atom is -0.350 e. The Bertz CT molecular complexity index is 94.4. The van der Waals surface area contributed by atoms with Gasteiger partial charge >= 0.3 is 0 Å². The molecule has 66 valence electrons. The maximum Gasteiger partial charge on any atom is 0.157 e. The minimum absolute atomic E-state index is 0.0489. The molecular weight excluding hydrogens is 144 g/mol. The molecule has 1 aliphatic heterocycles. The van der Waals surface area contributed by atoms with Crippen LogP contribution in [0.15, 0.2) is 0 Å². The van der Waals surface area contributed by atoms with Crippen LogP contribution in [0.1, 0.15) is 19.3 Å². The third kappa shape index (κ3) is 3.67. The van der Waals surface area contributed by atoms with Gasteiger partial charge in [-0.1, -0.05) is 0 Å². The second kappa shape index (κ2) is 5.49. The van der Waals surface area contributed by atoms with E-state index in [0.29, 0.717) is 0 Å². The van der Waals surface area contributed by atoms with Crippen LogP contribution in [0.3, 0.4) is 0 Å². The fraction of sp³-hybridized carbons (Fsp3) is 1.00. The number of hydrazine groups is 1. The van der Waals surface area contributed by atoms with Crippen LogP contribution in [0.4, 0.5) is 0 Å². The zero-order valence-electron chi connectivity index (χ0n) is 6.71. The van der Waals surface area contributed by atoms with Crippen molar-refractivity contribution in [1.29, 1.82) is 0 Å². The normalized spacial score (nSPS) is 19.4. The summed E-state index contributed by atoms with van der Waals surface area (Å²) in [5.74, 6) is 5.11. The van der Waals surface area contributed by atoms with E-state index < -0.39 is 0 Å². The molecule has 1 aliphatic rings. The second-order valence-electron chi connectivity index (χ2n) is 2.62. The SMILES string of the molecule is NNCCCCC1OCCO1. The van der Waals surface area contributed by atoms with E-state index in [1.54, 1.807) is 0 Å². The van der Waals surface area contributed by atoms with Gasteiger partial charge < -0.3 is 9.47 Å². The van der Waals surface area contributed by atoms with E-state index in [4.69, 9.17) is 15.3 Å². The molecule has 0 radical (unpaired) electrons.